The zero-order chi connectivity index (χ0) is 12.4. The van der Waals surface area contributed by atoms with E-state index in [4.69, 9.17) is 5.73 Å². The van der Waals surface area contributed by atoms with E-state index >= 15 is 0 Å². The minimum Gasteiger partial charge on any atom is -0.382 e. The molecule has 1 atom stereocenters. The van der Waals surface area contributed by atoms with Crippen LogP contribution in [0.3, 0.4) is 0 Å². The molecule has 0 aromatic carbocycles. The van der Waals surface area contributed by atoms with E-state index < -0.39 is 0 Å². The van der Waals surface area contributed by atoms with E-state index in [9.17, 15) is 0 Å². The van der Waals surface area contributed by atoms with Crippen LogP contribution < -0.4 is 10.6 Å². The summed E-state index contributed by atoms with van der Waals surface area (Å²) in [5.74, 6) is 0.688. The first-order chi connectivity index (χ1) is 8.13. The van der Waals surface area contributed by atoms with Crippen molar-refractivity contribution in [2.45, 2.75) is 23.8 Å². The van der Waals surface area contributed by atoms with Gasteiger partial charge in [0.25, 0.3) is 0 Å². The summed E-state index contributed by atoms with van der Waals surface area (Å²) in [4.78, 5) is 5.90. The molecule has 0 spiro atoms. The SMILES string of the molecule is CSc1c(N)nsc1N1CCCC1CN(C)C. The second-order valence-corrected chi connectivity index (χ2v) is 6.23. The van der Waals surface area contributed by atoms with Crippen LogP contribution in [0.2, 0.25) is 0 Å². The third-order valence-electron chi connectivity index (χ3n) is 3.08. The first-order valence-corrected chi connectivity index (χ1v) is 7.83. The molecule has 1 aromatic rings. The van der Waals surface area contributed by atoms with Gasteiger partial charge in [0.1, 0.15) is 5.00 Å². The van der Waals surface area contributed by atoms with Crippen LogP contribution in [0.1, 0.15) is 12.8 Å². The highest BCUT2D eigenvalue weighted by molar-refractivity contribution is 7.99. The molecule has 1 saturated heterocycles. The highest BCUT2D eigenvalue weighted by Gasteiger charge is 2.29. The van der Waals surface area contributed by atoms with Crippen molar-refractivity contribution < 1.29 is 0 Å². The number of nitrogens with two attached hydrogens (primary N) is 1. The molecule has 1 aromatic heterocycles. The molecular weight excluding hydrogens is 252 g/mol. The summed E-state index contributed by atoms with van der Waals surface area (Å²) in [5, 5.41) is 1.26. The Morgan fingerprint density at radius 3 is 3.00 bits per heavy atom. The lowest BCUT2D eigenvalue weighted by atomic mass is 10.2. The highest BCUT2D eigenvalue weighted by atomic mass is 32.2. The summed E-state index contributed by atoms with van der Waals surface area (Å²) in [5.41, 5.74) is 5.91. The predicted molar refractivity (Wildman–Crippen MR) is 77.2 cm³/mol. The molecule has 1 aliphatic heterocycles. The van der Waals surface area contributed by atoms with Gasteiger partial charge in [-0.1, -0.05) is 0 Å². The van der Waals surface area contributed by atoms with E-state index in [-0.39, 0.29) is 0 Å². The molecule has 1 fully saturated rings. The van der Waals surface area contributed by atoms with Crippen molar-refractivity contribution in [3.8, 4) is 0 Å². The Balaban J connectivity index is 2.20. The Kier molecular flexibility index (Phi) is 4.17. The summed E-state index contributed by atoms with van der Waals surface area (Å²) < 4.78 is 4.29. The standard InChI is InChI=1S/C11H20N4S2/c1-14(2)7-8-5-4-6-15(8)11-9(16-3)10(12)13-17-11/h8H,4-7H2,1-3H3,(H2,12,13). The quantitative estimate of drug-likeness (QED) is 0.849. The fourth-order valence-corrected chi connectivity index (χ4v) is 4.15. The molecule has 4 nitrogen and oxygen atoms in total. The molecule has 6 heteroatoms. The fourth-order valence-electron chi connectivity index (χ4n) is 2.37. The predicted octanol–water partition coefficient (Wildman–Crippen LogP) is 1.98. The van der Waals surface area contributed by atoms with E-state index in [0.717, 1.165) is 18.0 Å². The number of nitrogens with zero attached hydrogens (tertiary/aromatic N) is 3. The van der Waals surface area contributed by atoms with Crippen molar-refractivity contribution in [1.29, 1.82) is 0 Å². The van der Waals surface area contributed by atoms with Gasteiger partial charge in [-0.05, 0) is 44.7 Å². The van der Waals surface area contributed by atoms with Crippen molar-refractivity contribution in [2.75, 3.05) is 44.1 Å². The molecule has 0 amide bonds. The van der Waals surface area contributed by atoms with Crippen molar-refractivity contribution in [3.63, 3.8) is 0 Å². The summed E-state index contributed by atoms with van der Waals surface area (Å²) in [7, 11) is 4.26. The Morgan fingerprint density at radius 2 is 2.35 bits per heavy atom. The molecule has 1 unspecified atom stereocenters. The maximum Gasteiger partial charge on any atom is 0.153 e. The molecule has 2 rings (SSSR count). The lowest BCUT2D eigenvalue weighted by Gasteiger charge is -2.28. The number of hydrogen-bond acceptors (Lipinski definition) is 6. The van der Waals surface area contributed by atoms with Gasteiger partial charge in [0, 0.05) is 19.1 Å². The van der Waals surface area contributed by atoms with E-state index in [1.54, 1.807) is 23.3 Å². The summed E-state index contributed by atoms with van der Waals surface area (Å²) in [6.45, 7) is 2.24. The highest BCUT2D eigenvalue weighted by Crippen LogP contribution is 2.40. The third-order valence-corrected chi connectivity index (χ3v) is 4.91. The fraction of sp³-hybridized carbons (Fsp3) is 0.727. The van der Waals surface area contributed by atoms with E-state index in [0.29, 0.717) is 11.9 Å². The molecule has 96 valence electrons. The van der Waals surface area contributed by atoms with Crippen LogP contribution in [0, 0.1) is 0 Å². The average molecular weight is 272 g/mol. The Bertz CT molecular complexity index is 378. The minimum absolute atomic E-state index is 0.607. The van der Waals surface area contributed by atoms with Crippen LogP contribution in [0.15, 0.2) is 4.90 Å². The number of thioether (sulfide) groups is 1. The lowest BCUT2D eigenvalue weighted by molar-refractivity contribution is 0.372. The molecule has 0 aliphatic carbocycles. The third kappa shape index (κ3) is 2.69. The molecule has 1 aliphatic rings. The van der Waals surface area contributed by atoms with Gasteiger partial charge < -0.3 is 15.5 Å². The number of rotatable bonds is 4. The van der Waals surface area contributed by atoms with Crippen molar-refractivity contribution in [1.82, 2.24) is 9.27 Å². The smallest absolute Gasteiger partial charge is 0.153 e. The second kappa shape index (κ2) is 5.46. The van der Waals surface area contributed by atoms with Crippen LogP contribution in [0.25, 0.3) is 0 Å². The van der Waals surface area contributed by atoms with Gasteiger partial charge in [0.2, 0.25) is 0 Å². The maximum atomic E-state index is 5.91. The summed E-state index contributed by atoms with van der Waals surface area (Å²) >= 11 is 3.24. The summed E-state index contributed by atoms with van der Waals surface area (Å²) in [6, 6.07) is 0.607. The van der Waals surface area contributed by atoms with Gasteiger partial charge in [-0.15, -0.1) is 11.8 Å². The zero-order valence-corrected chi connectivity index (χ0v) is 12.3. The molecule has 0 radical (unpaired) electrons. The number of anilines is 2. The molecule has 2 N–H and O–H groups in total. The van der Waals surface area contributed by atoms with Gasteiger partial charge in [-0.3, -0.25) is 0 Å². The second-order valence-electron chi connectivity index (χ2n) is 4.66. The molecule has 17 heavy (non-hydrogen) atoms. The van der Waals surface area contributed by atoms with Crippen LogP contribution in [-0.4, -0.2) is 48.8 Å². The van der Waals surface area contributed by atoms with Crippen LogP contribution in [0.5, 0.6) is 0 Å². The van der Waals surface area contributed by atoms with Crippen LogP contribution >= 0.6 is 23.3 Å². The van der Waals surface area contributed by atoms with Crippen LogP contribution in [-0.2, 0) is 0 Å². The monoisotopic (exact) mass is 272 g/mol. The van der Waals surface area contributed by atoms with Gasteiger partial charge in [-0.2, -0.15) is 4.37 Å². The molecular formula is C11H20N4S2. The number of aromatic nitrogens is 1. The Labute approximate surface area is 111 Å². The lowest BCUT2D eigenvalue weighted by Crippen LogP contribution is -2.37. The van der Waals surface area contributed by atoms with Gasteiger partial charge in [0.15, 0.2) is 5.82 Å². The number of likely N-dealkylation sites (N-methyl/N-ethyl adjacent to an activating group) is 1. The van der Waals surface area contributed by atoms with Crippen molar-refractivity contribution >= 4 is 34.1 Å². The van der Waals surface area contributed by atoms with E-state index in [1.807, 2.05) is 0 Å². The van der Waals surface area contributed by atoms with E-state index in [2.05, 4.69) is 34.5 Å². The number of hydrogen-bond donors (Lipinski definition) is 1. The molecule has 2 heterocycles. The topological polar surface area (TPSA) is 45.4 Å². The van der Waals surface area contributed by atoms with Crippen LogP contribution in [0.4, 0.5) is 10.8 Å². The molecule has 0 bridgehead atoms. The Hall–Kier alpha value is -0.460. The normalized spacial score (nSPS) is 20.5. The van der Waals surface area contributed by atoms with Crippen molar-refractivity contribution in [2.24, 2.45) is 0 Å². The first-order valence-electron chi connectivity index (χ1n) is 5.84. The van der Waals surface area contributed by atoms with Crippen molar-refractivity contribution in [3.05, 3.63) is 0 Å². The number of nitrogen functional groups attached to an aromatic ring is 1. The maximum absolute atomic E-state index is 5.91. The van der Waals surface area contributed by atoms with Gasteiger partial charge >= 0.3 is 0 Å². The summed E-state index contributed by atoms with van der Waals surface area (Å²) in [6.07, 6.45) is 4.61. The Morgan fingerprint density at radius 1 is 1.59 bits per heavy atom. The van der Waals surface area contributed by atoms with Gasteiger partial charge in [-0.25, -0.2) is 0 Å². The zero-order valence-electron chi connectivity index (χ0n) is 10.6. The largest absolute Gasteiger partial charge is 0.382 e. The average Bonchev–Trinajstić information content (AvgIpc) is 2.83. The minimum atomic E-state index is 0.607. The first kappa shape index (κ1) is 13.0. The van der Waals surface area contributed by atoms with E-state index in [1.165, 1.54) is 17.8 Å². The van der Waals surface area contributed by atoms with Gasteiger partial charge in [0.05, 0.1) is 4.90 Å². The molecule has 0 saturated carbocycles.